The minimum Gasteiger partial charge on any atom is -0.497 e. The van der Waals surface area contributed by atoms with Crippen LogP contribution in [0.3, 0.4) is 0 Å². The first kappa shape index (κ1) is 27.3. The first-order chi connectivity index (χ1) is 20.4. The van der Waals surface area contributed by atoms with Gasteiger partial charge in [-0.1, -0.05) is 25.0 Å². The lowest BCUT2D eigenvalue weighted by atomic mass is 9.51. The standard InChI is InChI=1S/C18H23NO3.C18H25NO/c1-19-8-7-18-11-4-5-13(20)17(18)22-16-14(21-2)6-3-10(15(16)18)9-12(11)19;1-19-10-9-18-8-4-3-5-15(18)17(19)11-13-6-7-14(20-2)12-16(13)18/h3,6,11-13,17,20H,4-5,7-9H2,1-2H3;6-7,12,15,17H,3-5,8-11H2,1-2H3/t11-,12+,13-,17-,18-;15-,17+,18+/m01/s1. The third-order valence-electron chi connectivity index (χ3n) is 13.1. The molecule has 2 aromatic carbocycles. The molecule has 2 aromatic rings. The second-order valence-electron chi connectivity index (χ2n) is 14.5. The van der Waals surface area contributed by atoms with Crippen molar-refractivity contribution >= 4 is 0 Å². The highest BCUT2D eigenvalue weighted by Gasteiger charge is 2.65. The fourth-order valence-corrected chi connectivity index (χ4v) is 11.2. The van der Waals surface area contributed by atoms with E-state index in [4.69, 9.17) is 14.2 Å². The number of likely N-dealkylation sites (N-methyl/N-ethyl adjacent to an activating group) is 2. The van der Waals surface area contributed by atoms with E-state index in [1.807, 2.05) is 6.07 Å². The molecule has 0 aromatic heterocycles. The fourth-order valence-electron chi connectivity index (χ4n) is 11.2. The van der Waals surface area contributed by atoms with Gasteiger partial charge in [0.1, 0.15) is 11.9 Å². The van der Waals surface area contributed by atoms with Gasteiger partial charge in [0, 0.05) is 28.5 Å². The van der Waals surface area contributed by atoms with Gasteiger partial charge in [-0.2, -0.15) is 0 Å². The maximum absolute atomic E-state index is 10.6. The number of benzene rings is 2. The van der Waals surface area contributed by atoms with Crippen LogP contribution in [0.5, 0.6) is 17.2 Å². The van der Waals surface area contributed by atoms with Gasteiger partial charge in [-0.15, -0.1) is 0 Å². The Bertz CT molecular complexity index is 1380. The van der Waals surface area contributed by atoms with Crippen LogP contribution in [0.2, 0.25) is 0 Å². The summed E-state index contributed by atoms with van der Waals surface area (Å²) in [5.41, 5.74) is 6.45. The molecule has 42 heavy (non-hydrogen) atoms. The molecule has 4 bridgehead atoms. The lowest BCUT2D eigenvalue weighted by molar-refractivity contribution is -0.0993. The van der Waals surface area contributed by atoms with Gasteiger partial charge in [-0.05, 0) is 125 Å². The van der Waals surface area contributed by atoms with E-state index in [9.17, 15) is 5.11 Å². The fraction of sp³-hybridized carbons (Fsp3) is 0.667. The lowest BCUT2D eigenvalue weighted by Gasteiger charge is -2.58. The van der Waals surface area contributed by atoms with Crippen LogP contribution in [0.15, 0.2) is 30.3 Å². The first-order valence-electron chi connectivity index (χ1n) is 16.5. The maximum Gasteiger partial charge on any atom is 0.165 e. The normalized spacial score (nSPS) is 39.1. The summed E-state index contributed by atoms with van der Waals surface area (Å²) in [6.07, 6.45) is 11.9. The highest BCUT2D eigenvalue weighted by molar-refractivity contribution is 5.61. The number of hydrogen-bond donors (Lipinski definition) is 1. The second kappa shape index (κ2) is 9.87. The molecule has 1 N–H and O–H groups in total. The van der Waals surface area contributed by atoms with Gasteiger partial charge in [0.25, 0.3) is 0 Å². The van der Waals surface area contributed by atoms with E-state index >= 15 is 0 Å². The molecule has 0 unspecified atom stereocenters. The Morgan fingerprint density at radius 2 is 1.60 bits per heavy atom. The Kier molecular flexibility index (Phi) is 6.41. The zero-order chi connectivity index (χ0) is 28.8. The third-order valence-corrected chi connectivity index (χ3v) is 13.1. The number of hydrogen-bond acceptors (Lipinski definition) is 6. The number of aliphatic hydroxyl groups excluding tert-OH is 1. The molecule has 9 rings (SSSR count). The minimum atomic E-state index is -0.358. The van der Waals surface area contributed by atoms with Gasteiger partial charge in [0.15, 0.2) is 11.5 Å². The molecule has 3 heterocycles. The van der Waals surface area contributed by atoms with E-state index in [2.05, 4.69) is 48.2 Å². The average molecular weight is 573 g/mol. The first-order valence-corrected chi connectivity index (χ1v) is 16.5. The van der Waals surface area contributed by atoms with Crippen molar-refractivity contribution in [1.82, 2.24) is 9.80 Å². The van der Waals surface area contributed by atoms with Crippen LogP contribution in [0.4, 0.5) is 0 Å². The summed E-state index contributed by atoms with van der Waals surface area (Å²) >= 11 is 0. The van der Waals surface area contributed by atoms with Crippen LogP contribution in [-0.4, -0.2) is 80.6 Å². The Morgan fingerprint density at radius 3 is 2.40 bits per heavy atom. The molecule has 7 aliphatic rings. The molecule has 3 aliphatic heterocycles. The van der Waals surface area contributed by atoms with E-state index < -0.39 is 0 Å². The largest absolute Gasteiger partial charge is 0.497 e. The van der Waals surface area contributed by atoms with Crippen LogP contribution >= 0.6 is 0 Å². The van der Waals surface area contributed by atoms with Gasteiger partial charge in [0.05, 0.1) is 20.3 Å². The molecular weight excluding hydrogens is 524 g/mol. The summed E-state index contributed by atoms with van der Waals surface area (Å²) in [5.74, 6) is 4.25. The number of piperidine rings is 2. The number of fused-ring (bicyclic) bond motifs is 1. The number of nitrogens with zero attached hydrogens (tertiary/aromatic N) is 2. The summed E-state index contributed by atoms with van der Waals surface area (Å²) in [5, 5.41) is 10.6. The SMILES string of the molecule is COc1ccc2c(c1)[C@]13CCCC[C@@H]1[C@H](C2)N(C)CC3.COc1ccc2c3c1O[C@H]1[C@@H](O)CC[C@H]4[C@@H](C2)N(C)CC[C@@]341. The van der Waals surface area contributed by atoms with Gasteiger partial charge >= 0.3 is 0 Å². The molecular formula is C36H48N2O4. The van der Waals surface area contributed by atoms with Crippen LogP contribution in [0.1, 0.15) is 73.6 Å². The Labute approximate surface area is 251 Å². The van der Waals surface area contributed by atoms with Crippen molar-refractivity contribution in [2.75, 3.05) is 41.4 Å². The van der Waals surface area contributed by atoms with Crippen molar-refractivity contribution in [3.05, 3.63) is 52.6 Å². The van der Waals surface area contributed by atoms with Crippen molar-refractivity contribution in [2.45, 2.75) is 99.3 Å². The number of aliphatic hydroxyl groups is 1. The summed E-state index contributed by atoms with van der Waals surface area (Å²) < 4.78 is 17.4. The topological polar surface area (TPSA) is 54.4 Å². The van der Waals surface area contributed by atoms with Crippen LogP contribution in [-0.2, 0) is 23.7 Å². The van der Waals surface area contributed by atoms with E-state index in [-0.39, 0.29) is 17.6 Å². The molecule has 2 saturated heterocycles. The number of rotatable bonds is 2. The minimum absolute atomic E-state index is 0.00625. The Hall–Kier alpha value is -2.28. The van der Waals surface area contributed by atoms with E-state index in [1.165, 1.54) is 56.2 Å². The Balaban J connectivity index is 0.000000128. The third kappa shape index (κ3) is 3.61. The van der Waals surface area contributed by atoms with Crippen LogP contribution < -0.4 is 14.2 Å². The maximum atomic E-state index is 10.6. The smallest absolute Gasteiger partial charge is 0.165 e. The molecule has 226 valence electrons. The zero-order valence-electron chi connectivity index (χ0n) is 25.9. The van der Waals surface area contributed by atoms with Crippen LogP contribution in [0.25, 0.3) is 0 Å². The van der Waals surface area contributed by atoms with Gasteiger partial charge in [-0.3, -0.25) is 0 Å². The van der Waals surface area contributed by atoms with Gasteiger partial charge in [0.2, 0.25) is 0 Å². The van der Waals surface area contributed by atoms with Crippen molar-refractivity contribution < 1.29 is 19.3 Å². The Morgan fingerprint density at radius 1 is 0.833 bits per heavy atom. The molecule has 6 heteroatoms. The predicted molar refractivity (Wildman–Crippen MR) is 164 cm³/mol. The van der Waals surface area contributed by atoms with Crippen LogP contribution in [0, 0.1) is 11.8 Å². The molecule has 4 fully saturated rings. The second-order valence-corrected chi connectivity index (χ2v) is 14.5. The lowest BCUT2D eigenvalue weighted by Crippen LogP contribution is -2.66. The highest BCUT2D eigenvalue weighted by atomic mass is 16.5. The van der Waals surface area contributed by atoms with E-state index in [0.717, 1.165) is 61.4 Å². The van der Waals surface area contributed by atoms with Crippen molar-refractivity contribution in [3.63, 3.8) is 0 Å². The summed E-state index contributed by atoms with van der Waals surface area (Å²) in [4.78, 5) is 5.15. The van der Waals surface area contributed by atoms with E-state index in [1.54, 1.807) is 25.3 Å². The van der Waals surface area contributed by atoms with Gasteiger partial charge < -0.3 is 29.1 Å². The predicted octanol–water partition coefficient (Wildman–Crippen LogP) is 5.11. The molecule has 8 atom stereocenters. The zero-order valence-corrected chi connectivity index (χ0v) is 25.9. The number of methoxy groups -OCH3 is 2. The molecule has 1 spiro atoms. The average Bonchev–Trinajstić information content (AvgIpc) is 3.38. The molecule has 4 aliphatic carbocycles. The van der Waals surface area contributed by atoms with Gasteiger partial charge in [-0.25, -0.2) is 0 Å². The van der Waals surface area contributed by atoms with Crippen molar-refractivity contribution in [3.8, 4) is 17.2 Å². The monoisotopic (exact) mass is 572 g/mol. The van der Waals surface area contributed by atoms with Crippen molar-refractivity contribution in [1.29, 1.82) is 0 Å². The van der Waals surface area contributed by atoms with Crippen molar-refractivity contribution in [2.24, 2.45) is 11.8 Å². The number of ether oxygens (including phenoxy) is 3. The van der Waals surface area contributed by atoms with E-state index in [0.29, 0.717) is 17.4 Å². The molecule has 0 amide bonds. The molecule has 0 radical (unpaired) electrons. The molecule has 6 nitrogen and oxygen atoms in total. The summed E-state index contributed by atoms with van der Waals surface area (Å²) in [6.45, 7) is 2.35. The summed E-state index contributed by atoms with van der Waals surface area (Å²) in [7, 11) is 8.08. The molecule has 2 saturated carbocycles. The quantitative estimate of drug-likeness (QED) is 0.540. The highest BCUT2D eigenvalue weighted by Crippen LogP contribution is 2.63. The summed E-state index contributed by atoms with van der Waals surface area (Å²) in [6, 6.07) is 12.4. The number of likely N-dealkylation sites (tertiary alicyclic amines) is 2.